The van der Waals surface area contributed by atoms with E-state index in [4.69, 9.17) is 0 Å². The van der Waals surface area contributed by atoms with Crippen LogP contribution in [0, 0.1) is 5.41 Å². The minimum Gasteiger partial charge on any atom is -0.341 e. The highest BCUT2D eigenvalue weighted by atomic mass is 16.2. The van der Waals surface area contributed by atoms with E-state index in [0.717, 1.165) is 31.7 Å². The van der Waals surface area contributed by atoms with Gasteiger partial charge in [-0.15, -0.1) is 0 Å². The zero-order valence-corrected chi connectivity index (χ0v) is 11.3. The van der Waals surface area contributed by atoms with Gasteiger partial charge in [-0.2, -0.15) is 0 Å². The van der Waals surface area contributed by atoms with Gasteiger partial charge in [0.2, 0.25) is 5.91 Å². The molecule has 0 aliphatic carbocycles. The third-order valence-electron chi connectivity index (χ3n) is 3.33. The van der Waals surface area contributed by atoms with Crippen LogP contribution in [-0.4, -0.2) is 37.0 Å². The van der Waals surface area contributed by atoms with Gasteiger partial charge in [0.15, 0.2) is 0 Å². The van der Waals surface area contributed by atoms with Crippen LogP contribution in [0.2, 0.25) is 0 Å². The first-order valence-electron chi connectivity index (χ1n) is 6.59. The van der Waals surface area contributed by atoms with Gasteiger partial charge in [-0.1, -0.05) is 44.2 Å². The normalized spacial score (nSPS) is 19.3. The van der Waals surface area contributed by atoms with Gasteiger partial charge < -0.3 is 10.2 Å². The van der Waals surface area contributed by atoms with E-state index in [9.17, 15) is 4.79 Å². The molecule has 1 saturated heterocycles. The molecule has 3 heteroatoms. The van der Waals surface area contributed by atoms with Crippen molar-refractivity contribution in [2.24, 2.45) is 5.41 Å². The lowest BCUT2D eigenvalue weighted by Crippen LogP contribution is -2.39. The molecule has 1 fully saturated rings. The molecule has 0 radical (unpaired) electrons. The Balaban J connectivity index is 2.00. The first-order valence-corrected chi connectivity index (χ1v) is 6.59. The Hall–Kier alpha value is -1.35. The van der Waals surface area contributed by atoms with Crippen LogP contribution in [-0.2, 0) is 11.2 Å². The highest BCUT2D eigenvalue weighted by Crippen LogP contribution is 2.18. The van der Waals surface area contributed by atoms with Gasteiger partial charge in [0.1, 0.15) is 0 Å². The monoisotopic (exact) mass is 246 g/mol. The van der Waals surface area contributed by atoms with Gasteiger partial charge in [0, 0.05) is 26.2 Å². The standard InChI is InChI=1S/C15H22N2O/c1-15(2)11-16-8-9-17(12-15)14(18)10-13-6-4-3-5-7-13/h3-7,16H,8-12H2,1-2H3. The second-order valence-electron chi connectivity index (χ2n) is 5.82. The minimum atomic E-state index is 0.156. The summed E-state index contributed by atoms with van der Waals surface area (Å²) in [7, 11) is 0. The lowest BCUT2D eigenvalue weighted by Gasteiger charge is -2.29. The van der Waals surface area contributed by atoms with E-state index in [1.165, 1.54) is 0 Å². The fourth-order valence-electron chi connectivity index (χ4n) is 2.39. The number of amides is 1. The lowest BCUT2D eigenvalue weighted by molar-refractivity contribution is -0.131. The number of nitrogens with zero attached hydrogens (tertiary/aromatic N) is 1. The average molecular weight is 246 g/mol. The van der Waals surface area contributed by atoms with E-state index in [0.29, 0.717) is 6.42 Å². The molecule has 1 aliphatic rings. The molecule has 0 unspecified atom stereocenters. The first kappa shape index (κ1) is 13.1. The third kappa shape index (κ3) is 3.57. The van der Waals surface area contributed by atoms with E-state index in [-0.39, 0.29) is 11.3 Å². The van der Waals surface area contributed by atoms with Gasteiger partial charge in [-0.05, 0) is 11.0 Å². The zero-order valence-electron chi connectivity index (χ0n) is 11.3. The Labute approximate surface area is 109 Å². The molecule has 0 spiro atoms. The molecule has 1 amide bonds. The third-order valence-corrected chi connectivity index (χ3v) is 3.33. The van der Waals surface area contributed by atoms with Crippen LogP contribution in [0.25, 0.3) is 0 Å². The van der Waals surface area contributed by atoms with Crippen molar-refractivity contribution in [1.82, 2.24) is 10.2 Å². The first-order chi connectivity index (χ1) is 8.57. The van der Waals surface area contributed by atoms with Crippen molar-refractivity contribution < 1.29 is 4.79 Å². The van der Waals surface area contributed by atoms with Gasteiger partial charge in [0.25, 0.3) is 0 Å². The second kappa shape index (κ2) is 5.53. The molecule has 1 aromatic carbocycles. The predicted molar refractivity (Wildman–Crippen MR) is 73.4 cm³/mol. The van der Waals surface area contributed by atoms with Crippen LogP contribution >= 0.6 is 0 Å². The number of hydrogen-bond donors (Lipinski definition) is 1. The Morgan fingerprint density at radius 1 is 1.33 bits per heavy atom. The maximum Gasteiger partial charge on any atom is 0.227 e. The second-order valence-corrected chi connectivity index (χ2v) is 5.82. The molecule has 0 aromatic heterocycles. The number of benzene rings is 1. The summed E-state index contributed by atoms with van der Waals surface area (Å²) in [6.07, 6.45) is 0.511. The summed E-state index contributed by atoms with van der Waals surface area (Å²) in [6, 6.07) is 9.97. The zero-order chi connectivity index (χ0) is 13.0. The predicted octanol–water partition coefficient (Wildman–Crippen LogP) is 1.69. The van der Waals surface area contributed by atoms with Crippen molar-refractivity contribution in [2.75, 3.05) is 26.2 Å². The van der Waals surface area contributed by atoms with Gasteiger partial charge in [-0.3, -0.25) is 4.79 Å². The van der Waals surface area contributed by atoms with Crippen molar-refractivity contribution in [3.63, 3.8) is 0 Å². The summed E-state index contributed by atoms with van der Waals surface area (Å²) < 4.78 is 0. The summed E-state index contributed by atoms with van der Waals surface area (Å²) >= 11 is 0. The molecule has 1 aromatic rings. The quantitative estimate of drug-likeness (QED) is 0.861. The lowest BCUT2D eigenvalue weighted by atomic mass is 9.93. The van der Waals surface area contributed by atoms with Crippen molar-refractivity contribution in [1.29, 1.82) is 0 Å². The maximum atomic E-state index is 12.3. The average Bonchev–Trinajstić information content (AvgIpc) is 2.51. The SMILES string of the molecule is CC1(C)CNCCN(C(=O)Cc2ccccc2)C1. The van der Waals surface area contributed by atoms with Gasteiger partial charge >= 0.3 is 0 Å². The van der Waals surface area contributed by atoms with Crippen molar-refractivity contribution in [3.8, 4) is 0 Å². The Morgan fingerprint density at radius 2 is 2.06 bits per heavy atom. The molecular formula is C15H22N2O. The van der Waals surface area contributed by atoms with Crippen LogP contribution in [0.4, 0.5) is 0 Å². The number of nitrogens with one attached hydrogen (secondary N) is 1. The van der Waals surface area contributed by atoms with Crippen LogP contribution in [0.3, 0.4) is 0 Å². The fraction of sp³-hybridized carbons (Fsp3) is 0.533. The Bertz CT molecular complexity index is 400. The molecule has 3 nitrogen and oxygen atoms in total. The van der Waals surface area contributed by atoms with Crippen LogP contribution in [0.5, 0.6) is 0 Å². The molecule has 1 N–H and O–H groups in total. The number of carbonyl (C=O) groups is 1. The van der Waals surface area contributed by atoms with E-state index < -0.39 is 0 Å². The summed E-state index contributed by atoms with van der Waals surface area (Å²) in [5.74, 6) is 0.234. The number of hydrogen-bond acceptors (Lipinski definition) is 2. The minimum absolute atomic E-state index is 0.156. The van der Waals surface area contributed by atoms with E-state index in [1.54, 1.807) is 0 Å². The smallest absolute Gasteiger partial charge is 0.227 e. The van der Waals surface area contributed by atoms with E-state index >= 15 is 0 Å². The van der Waals surface area contributed by atoms with Crippen LogP contribution in [0.1, 0.15) is 19.4 Å². The molecule has 0 bridgehead atoms. The molecule has 1 heterocycles. The topological polar surface area (TPSA) is 32.3 Å². The molecule has 18 heavy (non-hydrogen) atoms. The Morgan fingerprint density at radius 3 is 2.78 bits per heavy atom. The molecule has 2 rings (SSSR count). The summed E-state index contributed by atoms with van der Waals surface area (Å²) in [5, 5.41) is 3.39. The molecule has 0 saturated carbocycles. The van der Waals surface area contributed by atoms with Crippen LogP contribution in [0.15, 0.2) is 30.3 Å². The Kier molecular flexibility index (Phi) is 4.02. The number of carbonyl (C=O) groups excluding carboxylic acids is 1. The summed E-state index contributed by atoms with van der Waals surface area (Å²) in [6.45, 7) is 7.93. The largest absolute Gasteiger partial charge is 0.341 e. The fourth-order valence-corrected chi connectivity index (χ4v) is 2.39. The molecule has 98 valence electrons. The number of rotatable bonds is 2. The van der Waals surface area contributed by atoms with Crippen molar-refractivity contribution >= 4 is 5.91 Å². The van der Waals surface area contributed by atoms with Crippen molar-refractivity contribution in [3.05, 3.63) is 35.9 Å². The highest BCUT2D eigenvalue weighted by Gasteiger charge is 2.27. The van der Waals surface area contributed by atoms with Crippen LogP contribution < -0.4 is 5.32 Å². The highest BCUT2D eigenvalue weighted by molar-refractivity contribution is 5.78. The van der Waals surface area contributed by atoms with E-state index in [2.05, 4.69) is 19.2 Å². The maximum absolute atomic E-state index is 12.3. The molecule has 1 aliphatic heterocycles. The summed E-state index contributed by atoms with van der Waals surface area (Å²) in [5.41, 5.74) is 1.25. The van der Waals surface area contributed by atoms with Gasteiger partial charge in [0.05, 0.1) is 6.42 Å². The molecular weight excluding hydrogens is 224 g/mol. The van der Waals surface area contributed by atoms with Crippen molar-refractivity contribution in [2.45, 2.75) is 20.3 Å². The van der Waals surface area contributed by atoms with E-state index in [1.807, 2.05) is 35.2 Å². The van der Waals surface area contributed by atoms with Gasteiger partial charge in [-0.25, -0.2) is 0 Å². The summed E-state index contributed by atoms with van der Waals surface area (Å²) in [4.78, 5) is 14.3. The molecule has 0 atom stereocenters.